The van der Waals surface area contributed by atoms with Crippen molar-refractivity contribution in [3.63, 3.8) is 0 Å². The Morgan fingerprint density at radius 1 is 1.40 bits per heavy atom. The fraction of sp³-hybridized carbons (Fsp3) is 0.421. The fourth-order valence-corrected chi connectivity index (χ4v) is 2.90. The van der Waals surface area contributed by atoms with Crippen LogP contribution in [0.15, 0.2) is 36.0 Å². The van der Waals surface area contributed by atoms with E-state index in [1.165, 1.54) is 17.3 Å². The highest BCUT2D eigenvalue weighted by atomic mass is 16.4. The molecule has 1 fully saturated rings. The van der Waals surface area contributed by atoms with E-state index < -0.39 is 11.9 Å². The number of piperidine rings is 1. The number of aryl methyl sites for hydroxylation is 1. The zero-order chi connectivity index (χ0) is 18.2. The van der Waals surface area contributed by atoms with Crippen molar-refractivity contribution in [1.29, 1.82) is 5.26 Å². The summed E-state index contributed by atoms with van der Waals surface area (Å²) in [5.74, 6) is -1.55. The summed E-state index contributed by atoms with van der Waals surface area (Å²) in [5.41, 5.74) is 2.45. The highest BCUT2D eigenvalue weighted by Gasteiger charge is 2.28. The first-order chi connectivity index (χ1) is 12.0. The van der Waals surface area contributed by atoms with Gasteiger partial charge in [0.2, 0.25) is 0 Å². The third-order valence-corrected chi connectivity index (χ3v) is 4.37. The van der Waals surface area contributed by atoms with Crippen molar-refractivity contribution in [3.8, 4) is 6.07 Å². The standard InChI is InChI=1S/C19H23N3O3/c1-14-3-2-4-15(11-14)5-8-21-13-17(12-20)18(23)22-9-6-16(7-10-22)19(24)25/h2-4,11,13,16,21H,5-10H2,1H3,(H,24,25)/b17-13-. The van der Waals surface area contributed by atoms with Gasteiger partial charge in [0.15, 0.2) is 0 Å². The predicted molar refractivity (Wildman–Crippen MR) is 93.5 cm³/mol. The van der Waals surface area contributed by atoms with Crippen LogP contribution in [0.3, 0.4) is 0 Å². The van der Waals surface area contributed by atoms with Gasteiger partial charge in [0.25, 0.3) is 5.91 Å². The molecule has 6 heteroatoms. The molecule has 0 unspecified atom stereocenters. The van der Waals surface area contributed by atoms with Gasteiger partial charge in [-0.3, -0.25) is 9.59 Å². The van der Waals surface area contributed by atoms with Crippen LogP contribution in [0.4, 0.5) is 0 Å². The van der Waals surface area contributed by atoms with Gasteiger partial charge in [-0.15, -0.1) is 0 Å². The first-order valence-electron chi connectivity index (χ1n) is 8.42. The zero-order valence-corrected chi connectivity index (χ0v) is 14.4. The number of hydrogen-bond donors (Lipinski definition) is 2. The van der Waals surface area contributed by atoms with Crippen molar-refractivity contribution < 1.29 is 14.7 Å². The fourth-order valence-electron chi connectivity index (χ4n) is 2.90. The molecule has 1 saturated heterocycles. The minimum Gasteiger partial charge on any atom is -0.481 e. The molecule has 0 bridgehead atoms. The Morgan fingerprint density at radius 3 is 2.72 bits per heavy atom. The van der Waals surface area contributed by atoms with Crippen LogP contribution in [-0.2, 0) is 16.0 Å². The lowest BCUT2D eigenvalue weighted by molar-refractivity contribution is -0.145. The van der Waals surface area contributed by atoms with E-state index >= 15 is 0 Å². The van der Waals surface area contributed by atoms with Crippen LogP contribution in [0.25, 0.3) is 0 Å². The second-order valence-electron chi connectivity index (χ2n) is 6.27. The molecule has 1 aliphatic rings. The number of rotatable bonds is 6. The monoisotopic (exact) mass is 341 g/mol. The lowest BCUT2D eigenvalue weighted by Crippen LogP contribution is -2.41. The van der Waals surface area contributed by atoms with Crippen LogP contribution in [0.1, 0.15) is 24.0 Å². The van der Waals surface area contributed by atoms with Crippen molar-refractivity contribution in [2.24, 2.45) is 5.92 Å². The van der Waals surface area contributed by atoms with Crippen LogP contribution in [0.5, 0.6) is 0 Å². The first kappa shape index (κ1) is 18.5. The van der Waals surface area contributed by atoms with Gasteiger partial charge in [-0.25, -0.2) is 0 Å². The molecular weight excluding hydrogens is 318 g/mol. The molecule has 0 aromatic heterocycles. The molecule has 0 atom stereocenters. The van der Waals surface area contributed by atoms with Gasteiger partial charge >= 0.3 is 5.97 Å². The maximum atomic E-state index is 12.4. The van der Waals surface area contributed by atoms with Crippen LogP contribution in [-0.4, -0.2) is 41.5 Å². The zero-order valence-electron chi connectivity index (χ0n) is 14.4. The van der Waals surface area contributed by atoms with Gasteiger partial charge in [-0.2, -0.15) is 5.26 Å². The lowest BCUT2D eigenvalue weighted by atomic mass is 9.97. The summed E-state index contributed by atoms with van der Waals surface area (Å²) in [7, 11) is 0. The number of carboxylic acid groups (broad SMARTS) is 1. The summed E-state index contributed by atoms with van der Waals surface area (Å²) in [6.45, 7) is 3.41. The van der Waals surface area contributed by atoms with Crippen LogP contribution in [0, 0.1) is 24.2 Å². The first-order valence-corrected chi connectivity index (χ1v) is 8.42. The molecule has 25 heavy (non-hydrogen) atoms. The molecule has 0 spiro atoms. The number of nitriles is 1. The predicted octanol–water partition coefficient (Wildman–Crippen LogP) is 1.86. The number of benzene rings is 1. The summed E-state index contributed by atoms with van der Waals surface area (Å²) in [6, 6.07) is 10.1. The number of carbonyl (C=O) groups is 2. The van der Waals surface area contributed by atoms with Gasteiger partial charge in [0, 0.05) is 25.8 Å². The highest BCUT2D eigenvalue weighted by Crippen LogP contribution is 2.18. The van der Waals surface area contributed by atoms with Crippen LogP contribution in [0.2, 0.25) is 0 Å². The van der Waals surface area contributed by atoms with E-state index in [0.717, 1.165) is 6.42 Å². The average molecular weight is 341 g/mol. The summed E-state index contributed by atoms with van der Waals surface area (Å²) in [6.07, 6.45) is 3.12. The maximum Gasteiger partial charge on any atom is 0.306 e. The number of carboxylic acids is 1. The van der Waals surface area contributed by atoms with E-state index in [4.69, 9.17) is 5.11 Å². The Balaban J connectivity index is 1.84. The topological polar surface area (TPSA) is 93.4 Å². The number of carbonyl (C=O) groups excluding carboxylic acids is 1. The molecule has 1 aliphatic heterocycles. The molecular formula is C19H23N3O3. The summed E-state index contributed by atoms with van der Waals surface area (Å²) >= 11 is 0. The van der Waals surface area contributed by atoms with Crippen molar-refractivity contribution in [1.82, 2.24) is 10.2 Å². The number of likely N-dealkylation sites (tertiary alicyclic amines) is 1. The minimum absolute atomic E-state index is 0.0537. The van der Waals surface area contributed by atoms with E-state index in [9.17, 15) is 14.9 Å². The van der Waals surface area contributed by atoms with Crippen molar-refractivity contribution in [2.45, 2.75) is 26.2 Å². The largest absolute Gasteiger partial charge is 0.481 e. The number of nitrogens with zero attached hydrogens (tertiary/aromatic N) is 2. The third-order valence-electron chi connectivity index (χ3n) is 4.37. The Labute approximate surface area is 147 Å². The molecule has 1 heterocycles. The second kappa shape index (κ2) is 8.88. The number of amides is 1. The molecule has 6 nitrogen and oxygen atoms in total. The van der Waals surface area contributed by atoms with Crippen LogP contribution < -0.4 is 5.32 Å². The van der Waals surface area contributed by atoms with E-state index in [0.29, 0.717) is 32.5 Å². The smallest absolute Gasteiger partial charge is 0.306 e. The molecule has 1 amide bonds. The Morgan fingerprint density at radius 2 is 2.12 bits per heavy atom. The lowest BCUT2D eigenvalue weighted by Gasteiger charge is -2.29. The quantitative estimate of drug-likeness (QED) is 0.468. The van der Waals surface area contributed by atoms with Gasteiger partial charge in [0.1, 0.15) is 11.6 Å². The summed E-state index contributed by atoms with van der Waals surface area (Å²) < 4.78 is 0. The molecule has 0 aliphatic carbocycles. The van der Waals surface area contributed by atoms with E-state index in [2.05, 4.69) is 11.4 Å². The Bertz CT molecular complexity index is 698. The molecule has 2 rings (SSSR count). The van der Waals surface area contributed by atoms with Gasteiger partial charge in [-0.05, 0) is 31.7 Å². The minimum atomic E-state index is -0.819. The normalized spacial score (nSPS) is 15.5. The molecule has 1 aromatic carbocycles. The summed E-state index contributed by atoms with van der Waals surface area (Å²) in [4.78, 5) is 24.9. The van der Waals surface area contributed by atoms with E-state index in [-0.39, 0.29) is 11.5 Å². The molecule has 132 valence electrons. The number of aliphatic carboxylic acids is 1. The second-order valence-corrected chi connectivity index (χ2v) is 6.27. The van der Waals surface area contributed by atoms with Crippen molar-refractivity contribution >= 4 is 11.9 Å². The molecule has 0 saturated carbocycles. The van der Waals surface area contributed by atoms with Gasteiger partial charge < -0.3 is 15.3 Å². The summed E-state index contributed by atoms with van der Waals surface area (Å²) in [5, 5.41) is 21.2. The van der Waals surface area contributed by atoms with Gasteiger partial charge in [-0.1, -0.05) is 29.8 Å². The van der Waals surface area contributed by atoms with Crippen molar-refractivity contribution in [2.75, 3.05) is 19.6 Å². The highest BCUT2D eigenvalue weighted by molar-refractivity contribution is 5.97. The maximum absolute atomic E-state index is 12.4. The average Bonchev–Trinajstić information content (AvgIpc) is 2.61. The van der Waals surface area contributed by atoms with Crippen LogP contribution >= 0.6 is 0 Å². The number of nitrogens with one attached hydrogen (secondary N) is 1. The van der Waals surface area contributed by atoms with Gasteiger partial charge in [0.05, 0.1) is 5.92 Å². The van der Waals surface area contributed by atoms with E-state index in [1.807, 2.05) is 31.2 Å². The van der Waals surface area contributed by atoms with Crippen molar-refractivity contribution in [3.05, 3.63) is 47.2 Å². The Hall–Kier alpha value is -2.81. The molecule has 1 aromatic rings. The molecule has 2 N–H and O–H groups in total. The third kappa shape index (κ3) is 5.35. The SMILES string of the molecule is Cc1cccc(CCN/C=C(/C#N)C(=O)N2CCC(C(=O)O)CC2)c1. The Kier molecular flexibility index (Phi) is 6.58. The molecule has 0 radical (unpaired) electrons. The number of hydrogen-bond acceptors (Lipinski definition) is 4. The van der Waals surface area contributed by atoms with E-state index in [1.54, 1.807) is 4.90 Å².